The highest BCUT2D eigenvalue weighted by Crippen LogP contribution is 2.08. The Balaban J connectivity index is 3.75. The molecule has 0 saturated carbocycles. The van der Waals surface area contributed by atoms with Crippen molar-refractivity contribution in [3.8, 4) is 0 Å². The number of rotatable bonds is 7. The molecule has 0 spiro atoms. The Morgan fingerprint density at radius 3 is 2.12 bits per heavy atom. The van der Waals surface area contributed by atoms with E-state index in [1.54, 1.807) is 0 Å². The molecule has 0 rings (SSSR count). The molecule has 0 aliphatic rings. The number of aliphatic hydroxyl groups excluding tert-OH is 1. The van der Waals surface area contributed by atoms with Gasteiger partial charge in [-0.3, -0.25) is 0 Å². The van der Waals surface area contributed by atoms with Crippen molar-refractivity contribution in [1.82, 2.24) is 10.2 Å². The molecule has 0 bridgehead atoms. The van der Waals surface area contributed by atoms with Crippen LogP contribution in [0.4, 0.5) is 0 Å². The molecule has 0 saturated heterocycles. The molecule has 104 valence electrons. The first-order valence-electron chi connectivity index (χ1n) is 6.25. The monoisotopic (exact) mass is 246 g/mol. The normalized spacial score (nSPS) is 15.4. The van der Waals surface area contributed by atoms with Gasteiger partial charge in [-0.2, -0.15) is 0 Å². The topological polar surface area (TPSA) is 44.7 Å². The third-order valence-electron chi connectivity index (χ3n) is 2.86. The zero-order valence-electron chi connectivity index (χ0n) is 12.5. The minimum absolute atomic E-state index is 0.0879. The Hall–Kier alpha value is -0.160. The van der Waals surface area contributed by atoms with Crippen LogP contribution in [-0.2, 0) is 4.74 Å². The van der Waals surface area contributed by atoms with Gasteiger partial charge < -0.3 is 20.1 Å². The molecule has 17 heavy (non-hydrogen) atoms. The lowest BCUT2D eigenvalue weighted by molar-refractivity contribution is -0.0482. The van der Waals surface area contributed by atoms with Crippen LogP contribution in [0, 0.1) is 0 Å². The van der Waals surface area contributed by atoms with Gasteiger partial charge in [-0.1, -0.05) is 0 Å². The quantitative estimate of drug-likeness (QED) is 0.706. The molecule has 1 unspecified atom stereocenters. The van der Waals surface area contributed by atoms with Gasteiger partial charge in [0.15, 0.2) is 0 Å². The van der Waals surface area contributed by atoms with Crippen LogP contribution in [0.2, 0.25) is 0 Å². The maximum atomic E-state index is 9.75. The van der Waals surface area contributed by atoms with Crippen molar-refractivity contribution in [3.63, 3.8) is 0 Å². The van der Waals surface area contributed by atoms with Crippen LogP contribution in [0.1, 0.15) is 34.6 Å². The fraction of sp³-hybridized carbons (Fsp3) is 1.00. The van der Waals surface area contributed by atoms with Gasteiger partial charge in [0, 0.05) is 18.6 Å². The fourth-order valence-corrected chi connectivity index (χ4v) is 1.11. The third-order valence-corrected chi connectivity index (χ3v) is 2.86. The second kappa shape index (κ2) is 6.69. The Bertz CT molecular complexity index is 210. The molecule has 4 heteroatoms. The van der Waals surface area contributed by atoms with Gasteiger partial charge in [-0.15, -0.1) is 0 Å². The van der Waals surface area contributed by atoms with Crippen LogP contribution in [0.15, 0.2) is 0 Å². The Labute approximate surface area is 106 Å². The second-order valence-corrected chi connectivity index (χ2v) is 6.41. The van der Waals surface area contributed by atoms with Crippen LogP contribution in [0.25, 0.3) is 0 Å². The van der Waals surface area contributed by atoms with E-state index >= 15 is 0 Å². The second-order valence-electron chi connectivity index (χ2n) is 6.41. The maximum absolute atomic E-state index is 9.75. The number of ether oxygens (including phenoxy) is 1. The number of nitrogens with one attached hydrogen (secondary N) is 1. The van der Waals surface area contributed by atoms with E-state index in [1.807, 2.05) is 20.8 Å². The lowest BCUT2D eigenvalue weighted by atomic mass is 10.0. The van der Waals surface area contributed by atoms with Gasteiger partial charge in [-0.05, 0) is 48.7 Å². The predicted molar refractivity (Wildman–Crippen MR) is 72.3 cm³/mol. The summed E-state index contributed by atoms with van der Waals surface area (Å²) in [6.07, 6.45) is -0.452. The molecule has 0 amide bonds. The smallest absolute Gasteiger partial charge is 0.0897 e. The van der Waals surface area contributed by atoms with Crippen molar-refractivity contribution < 1.29 is 9.84 Å². The van der Waals surface area contributed by atoms with E-state index in [1.165, 1.54) is 0 Å². The van der Waals surface area contributed by atoms with Gasteiger partial charge in [0.2, 0.25) is 0 Å². The summed E-state index contributed by atoms with van der Waals surface area (Å²) in [6.45, 7) is 12.1. The fourth-order valence-electron chi connectivity index (χ4n) is 1.11. The minimum Gasteiger partial charge on any atom is -0.389 e. The highest BCUT2D eigenvalue weighted by Gasteiger charge is 2.20. The number of likely N-dealkylation sites (N-methyl/N-ethyl adjacent to an activating group) is 1. The van der Waals surface area contributed by atoms with Crippen LogP contribution in [0.3, 0.4) is 0 Å². The number of aliphatic hydroxyl groups is 1. The number of hydrogen-bond donors (Lipinski definition) is 2. The molecule has 0 aromatic carbocycles. The lowest BCUT2D eigenvalue weighted by Crippen LogP contribution is -2.48. The Kier molecular flexibility index (Phi) is 6.62. The average molecular weight is 246 g/mol. The van der Waals surface area contributed by atoms with E-state index in [9.17, 15) is 5.11 Å². The van der Waals surface area contributed by atoms with Crippen molar-refractivity contribution >= 4 is 0 Å². The number of nitrogens with zero attached hydrogens (tertiary/aromatic N) is 1. The molecule has 0 aliphatic carbocycles. The molecule has 0 fully saturated rings. The van der Waals surface area contributed by atoms with Gasteiger partial charge in [0.25, 0.3) is 0 Å². The molecular formula is C13H30N2O2. The van der Waals surface area contributed by atoms with Crippen LogP contribution >= 0.6 is 0 Å². The lowest BCUT2D eigenvalue weighted by Gasteiger charge is -2.33. The summed E-state index contributed by atoms with van der Waals surface area (Å²) in [4.78, 5) is 2.16. The maximum Gasteiger partial charge on any atom is 0.0897 e. The zero-order chi connectivity index (χ0) is 13.7. The van der Waals surface area contributed by atoms with Crippen molar-refractivity contribution in [2.45, 2.75) is 51.9 Å². The van der Waals surface area contributed by atoms with E-state index in [4.69, 9.17) is 4.74 Å². The molecule has 4 nitrogen and oxygen atoms in total. The summed E-state index contributed by atoms with van der Waals surface area (Å²) in [5.41, 5.74) is -0.103. The molecule has 0 aromatic rings. The molecule has 0 heterocycles. The summed E-state index contributed by atoms with van der Waals surface area (Å²) in [5, 5.41) is 13.0. The molecule has 0 aliphatic heterocycles. The van der Waals surface area contributed by atoms with E-state index in [-0.39, 0.29) is 11.1 Å². The van der Waals surface area contributed by atoms with Crippen LogP contribution in [-0.4, -0.2) is 61.0 Å². The summed E-state index contributed by atoms with van der Waals surface area (Å²) >= 11 is 0. The van der Waals surface area contributed by atoms with Crippen molar-refractivity contribution in [2.24, 2.45) is 0 Å². The molecule has 2 N–H and O–H groups in total. The first kappa shape index (κ1) is 16.8. The highest BCUT2D eigenvalue weighted by molar-refractivity contribution is 4.80. The van der Waals surface area contributed by atoms with E-state index in [0.29, 0.717) is 13.2 Å². The molecule has 0 aromatic heterocycles. The minimum atomic E-state index is -0.452. The summed E-state index contributed by atoms with van der Waals surface area (Å²) in [6, 6.07) is 0. The van der Waals surface area contributed by atoms with Crippen LogP contribution < -0.4 is 5.32 Å². The SMILES string of the molecule is CN(C)C(C)(C)CNCC(O)COC(C)(C)C. The molecule has 0 radical (unpaired) electrons. The van der Waals surface area contributed by atoms with Crippen molar-refractivity contribution in [2.75, 3.05) is 33.8 Å². The Morgan fingerprint density at radius 2 is 1.71 bits per heavy atom. The van der Waals surface area contributed by atoms with Crippen LogP contribution in [0.5, 0.6) is 0 Å². The van der Waals surface area contributed by atoms with Crippen molar-refractivity contribution in [1.29, 1.82) is 0 Å². The molecular weight excluding hydrogens is 216 g/mol. The third kappa shape index (κ3) is 8.55. The van der Waals surface area contributed by atoms with Crippen molar-refractivity contribution in [3.05, 3.63) is 0 Å². The summed E-state index contributed by atoms with van der Waals surface area (Å²) in [5.74, 6) is 0. The first-order chi connectivity index (χ1) is 7.54. The largest absolute Gasteiger partial charge is 0.389 e. The molecule has 1 atom stereocenters. The Morgan fingerprint density at radius 1 is 1.18 bits per heavy atom. The first-order valence-corrected chi connectivity index (χ1v) is 6.25. The standard InChI is InChI=1S/C13H30N2O2/c1-12(2,3)17-9-11(16)8-14-10-13(4,5)15(6)7/h11,14,16H,8-10H2,1-7H3. The summed E-state index contributed by atoms with van der Waals surface area (Å²) in [7, 11) is 4.11. The summed E-state index contributed by atoms with van der Waals surface area (Å²) < 4.78 is 5.52. The van der Waals surface area contributed by atoms with Gasteiger partial charge in [0.05, 0.1) is 18.3 Å². The zero-order valence-corrected chi connectivity index (χ0v) is 12.5. The van der Waals surface area contributed by atoms with Gasteiger partial charge in [0.1, 0.15) is 0 Å². The highest BCUT2D eigenvalue weighted by atomic mass is 16.5. The average Bonchev–Trinajstić information content (AvgIpc) is 2.13. The number of hydrogen-bond acceptors (Lipinski definition) is 4. The van der Waals surface area contributed by atoms with Gasteiger partial charge >= 0.3 is 0 Å². The van der Waals surface area contributed by atoms with E-state index in [2.05, 4.69) is 38.2 Å². The van der Waals surface area contributed by atoms with E-state index < -0.39 is 6.10 Å². The van der Waals surface area contributed by atoms with Gasteiger partial charge in [-0.25, -0.2) is 0 Å². The predicted octanol–water partition coefficient (Wildman–Crippen LogP) is 1.09. The van der Waals surface area contributed by atoms with E-state index in [0.717, 1.165) is 6.54 Å².